The van der Waals surface area contributed by atoms with Crippen LogP contribution in [0, 0.1) is 12.8 Å². The lowest BCUT2D eigenvalue weighted by molar-refractivity contribution is 0.379. The van der Waals surface area contributed by atoms with Crippen molar-refractivity contribution in [2.24, 2.45) is 5.92 Å². The topological polar surface area (TPSA) is 81.2 Å². The molecular weight excluding hydrogens is 264 g/mol. The summed E-state index contributed by atoms with van der Waals surface area (Å²) < 4.78 is 23.2. The Balaban J connectivity index is 1.79. The van der Waals surface area contributed by atoms with Gasteiger partial charge in [0.1, 0.15) is 12.1 Å². The fourth-order valence-corrected chi connectivity index (χ4v) is 2.79. The van der Waals surface area contributed by atoms with Crippen LogP contribution >= 0.6 is 0 Å². The Kier molecular flexibility index (Phi) is 5.24. The molecule has 1 N–H and O–H groups in total. The Labute approximate surface area is 116 Å². The number of hydrogen-bond acceptors (Lipinski definition) is 5. The first-order chi connectivity index (χ1) is 9.16. The van der Waals surface area contributed by atoms with Crippen molar-refractivity contribution in [3.05, 3.63) is 18.1 Å². The van der Waals surface area contributed by atoms with Crippen LogP contribution in [0.4, 0.5) is 5.82 Å². The van der Waals surface area contributed by atoms with Gasteiger partial charge in [0.25, 0.3) is 0 Å². The molecule has 1 aliphatic heterocycles. The third-order valence-electron chi connectivity index (χ3n) is 3.55. The number of piperidine rings is 1. The van der Waals surface area contributed by atoms with Crippen molar-refractivity contribution in [2.45, 2.75) is 26.2 Å². The lowest BCUT2D eigenvalue weighted by Crippen LogP contribution is -2.35. The Morgan fingerprint density at radius 3 is 2.89 bits per heavy atom. The lowest BCUT2D eigenvalue weighted by atomic mass is 9.93. The molecule has 1 unspecified atom stereocenters. The van der Waals surface area contributed by atoms with Gasteiger partial charge in [-0.15, -0.1) is 0 Å². The first kappa shape index (κ1) is 14.4. The second-order valence-corrected chi connectivity index (χ2v) is 5.64. The minimum atomic E-state index is -2.14. The predicted octanol–water partition coefficient (Wildman–Crippen LogP) is 0.775. The van der Waals surface area contributed by atoms with Crippen LogP contribution < -0.4 is 9.62 Å². The number of anilines is 1. The van der Waals surface area contributed by atoms with E-state index >= 15 is 0 Å². The molecular formula is C12H19N4O2S-. The number of nitrogens with one attached hydrogen (secondary N) is 1. The lowest BCUT2D eigenvalue weighted by Gasteiger charge is -2.33. The van der Waals surface area contributed by atoms with E-state index in [1.165, 1.54) is 0 Å². The first-order valence-electron chi connectivity index (χ1n) is 6.51. The molecule has 19 heavy (non-hydrogen) atoms. The van der Waals surface area contributed by atoms with E-state index < -0.39 is 11.3 Å². The van der Waals surface area contributed by atoms with Gasteiger partial charge in [-0.05, 0) is 32.1 Å². The summed E-state index contributed by atoms with van der Waals surface area (Å²) in [6, 6.07) is 0. The van der Waals surface area contributed by atoms with E-state index in [9.17, 15) is 8.76 Å². The molecule has 2 rings (SSSR count). The molecule has 0 spiro atoms. The normalized spacial score (nSPS) is 18.5. The third kappa shape index (κ3) is 4.22. The molecule has 6 nitrogen and oxygen atoms in total. The molecule has 1 fully saturated rings. The van der Waals surface area contributed by atoms with E-state index in [4.69, 9.17) is 0 Å². The smallest absolute Gasteiger partial charge is 0.134 e. The maximum absolute atomic E-state index is 10.4. The fourth-order valence-electron chi connectivity index (χ4n) is 2.50. The van der Waals surface area contributed by atoms with Crippen molar-refractivity contribution >= 4 is 17.1 Å². The monoisotopic (exact) mass is 283 g/mol. The minimum absolute atomic E-state index is 0.535. The molecule has 1 saturated heterocycles. The van der Waals surface area contributed by atoms with Gasteiger partial charge in [0, 0.05) is 42.7 Å². The Morgan fingerprint density at radius 1 is 1.53 bits per heavy atom. The van der Waals surface area contributed by atoms with Gasteiger partial charge in [-0.1, -0.05) is 0 Å². The Hall–Kier alpha value is -1.05. The van der Waals surface area contributed by atoms with Crippen LogP contribution in [-0.2, 0) is 11.3 Å². The van der Waals surface area contributed by atoms with E-state index in [0.29, 0.717) is 12.5 Å². The van der Waals surface area contributed by atoms with Gasteiger partial charge in [0.05, 0.1) is 0 Å². The molecule has 0 bridgehead atoms. The van der Waals surface area contributed by atoms with Gasteiger partial charge in [-0.2, -0.15) is 0 Å². The largest absolute Gasteiger partial charge is 0.760 e. The summed E-state index contributed by atoms with van der Waals surface area (Å²) in [6.45, 7) is 4.51. The van der Waals surface area contributed by atoms with Crippen LogP contribution in [0.3, 0.4) is 0 Å². The second-order valence-electron chi connectivity index (χ2n) is 4.88. The highest BCUT2D eigenvalue weighted by Crippen LogP contribution is 2.25. The number of aromatic nitrogens is 2. The summed E-state index contributed by atoms with van der Waals surface area (Å²) in [5, 5.41) is 0. The van der Waals surface area contributed by atoms with Crippen molar-refractivity contribution in [2.75, 3.05) is 24.5 Å². The average Bonchev–Trinajstić information content (AvgIpc) is 2.40. The van der Waals surface area contributed by atoms with Crippen LogP contribution in [0.5, 0.6) is 0 Å². The molecule has 1 aromatic heterocycles. The zero-order valence-electron chi connectivity index (χ0n) is 11.0. The van der Waals surface area contributed by atoms with Crippen LogP contribution in [-0.4, -0.2) is 38.4 Å². The summed E-state index contributed by atoms with van der Waals surface area (Å²) in [5.74, 6) is 1.61. The van der Waals surface area contributed by atoms with Crippen molar-refractivity contribution in [1.82, 2.24) is 14.7 Å². The van der Waals surface area contributed by atoms with E-state index in [0.717, 1.165) is 43.7 Å². The summed E-state index contributed by atoms with van der Waals surface area (Å²) in [4.78, 5) is 10.6. The van der Waals surface area contributed by atoms with Crippen LogP contribution in [0.2, 0.25) is 0 Å². The summed E-state index contributed by atoms with van der Waals surface area (Å²) in [5.41, 5.74) is 1.10. The molecule has 2 heterocycles. The van der Waals surface area contributed by atoms with Crippen molar-refractivity contribution in [3.63, 3.8) is 0 Å². The highest BCUT2D eigenvalue weighted by molar-refractivity contribution is 7.77. The Morgan fingerprint density at radius 2 is 2.26 bits per heavy atom. The van der Waals surface area contributed by atoms with Crippen LogP contribution in [0.15, 0.2) is 12.5 Å². The summed E-state index contributed by atoms with van der Waals surface area (Å²) in [7, 11) is 0. The first-order valence-corrected chi connectivity index (χ1v) is 7.58. The quantitative estimate of drug-likeness (QED) is 0.807. The van der Waals surface area contributed by atoms with Gasteiger partial charge in [-0.3, -0.25) is 4.21 Å². The van der Waals surface area contributed by atoms with E-state index in [2.05, 4.69) is 19.6 Å². The van der Waals surface area contributed by atoms with Crippen molar-refractivity contribution in [1.29, 1.82) is 0 Å². The van der Waals surface area contributed by atoms with Gasteiger partial charge < -0.3 is 9.45 Å². The number of rotatable bonds is 5. The Bertz CT molecular complexity index is 435. The maximum Gasteiger partial charge on any atom is 0.134 e. The van der Waals surface area contributed by atoms with Crippen molar-refractivity contribution < 1.29 is 8.76 Å². The second kappa shape index (κ2) is 6.93. The van der Waals surface area contributed by atoms with Crippen LogP contribution in [0.25, 0.3) is 0 Å². The molecule has 1 aliphatic rings. The minimum Gasteiger partial charge on any atom is -0.760 e. The average molecular weight is 283 g/mol. The molecule has 0 amide bonds. The molecule has 7 heteroatoms. The molecule has 0 saturated carbocycles. The molecule has 0 aliphatic carbocycles. The van der Waals surface area contributed by atoms with Gasteiger partial charge >= 0.3 is 0 Å². The van der Waals surface area contributed by atoms with Gasteiger partial charge in [-0.25, -0.2) is 14.7 Å². The van der Waals surface area contributed by atoms with E-state index in [-0.39, 0.29) is 0 Å². The fraction of sp³-hybridized carbons (Fsp3) is 0.667. The third-order valence-corrected chi connectivity index (χ3v) is 3.99. The molecule has 0 aromatic carbocycles. The van der Waals surface area contributed by atoms with Crippen LogP contribution in [0.1, 0.15) is 24.8 Å². The predicted molar refractivity (Wildman–Crippen MR) is 73.2 cm³/mol. The zero-order chi connectivity index (χ0) is 13.7. The van der Waals surface area contributed by atoms with E-state index in [1.54, 1.807) is 6.33 Å². The highest BCUT2D eigenvalue weighted by Gasteiger charge is 2.20. The molecule has 1 atom stereocenters. The standard InChI is InChI=1S/C12H20N4O2S/c1-10-8-13-9-14-12(10)16-6-3-11(4-7-16)2-5-15-19(17)18/h8-9,11,15H,2-7H2,1H3,(H,17,18)/p-1. The molecule has 106 valence electrons. The highest BCUT2D eigenvalue weighted by atomic mass is 32.2. The SMILES string of the molecule is Cc1cncnc1N1CCC(CCNS(=O)[O-])CC1. The van der Waals surface area contributed by atoms with Gasteiger partial charge in [0.15, 0.2) is 0 Å². The summed E-state index contributed by atoms with van der Waals surface area (Å²) >= 11 is -2.14. The number of nitrogens with zero attached hydrogens (tertiary/aromatic N) is 3. The van der Waals surface area contributed by atoms with Gasteiger partial charge in [0.2, 0.25) is 0 Å². The zero-order valence-corrected chi connectivity index (χ0v) is 11.9. The number of aryl methyl sites for hydroxylation is 1. The molecule has 0 radical (unpaired) electrons. The summed E-state index contributed by atoms with van der Waals surface area (Å²) in [6.07, 6.45) is 6.49. The van der Waals surface area contributed by atoms with Crippen molar-refractivity contribution in [3.8, 4) is 0 Å². The molecule has 1 aromatic rings. The number of hydrogen-bond donors (Lipinski definition) is 1. The van der Waals surface area contributed by atoms with E-state index in [1.807, 2.05) is 13.1 Å². The maximum atomic E-state index is 10.4.